The average molecular weight is 514 g/mol. The molecular formula is C25H21Cl2N3O5. The Bertz CT molecular complexity index is 1300. The molecule has 3 aromatic rings. The molecule has 1 N–H and O–H groups in total. The molecule has 3 fully saturated rings. The predicted octanol–water partition coefficient (Wildman–Crippen LogP) is 5.33. The highest BCUT2D eigenvalue weighted by Gasteiger charge is 2.52. The monoisotopic (exact) mass is 513 g/mol. The van der Waals surface area contributed by atoms with Crippen molar-refractivity contribution in [3.8, 4) is 11.3 Å². The summed E-state index contributed by atoms with van der Waals surface area (Å²) in [5, 5.41) is 14.4. The maximum absolute atomic E-state index is 13.1. The third kappa shape index (κ3) is 3.90. The van der Waals surface area contributed by atoms with Gasteiger partial charge in [0.25, 0.3) is 0 Å². The van der Waals surface area contributed by atoms with Crippen molar-refractivity contribution in [3.63, 3.8) is 0 Å². The van der Waals surface area contributed by atoms with Crippen LogP contribution in [0, 0.1) is 5.92 Å². The van der Waals surface area contributed by atoms with Crippen LogP contribution in [0.5, 0.6) is 0 Å². The number of benzene rings is 1. The molecule has 6 rings (SSSR count). The molecule has 2 saturated carbocycles. The molecule has 3 atom stereocenters. The Morgan fingerprint density at radius 1 is 1.17 bits per heavy atom. The van der Waals surface area contributed by atoms with E-state index in [0.717, 1.165) is 24.2 Å². The van der Waals surface area contributed by atoms with Gasteiger partial charge in [-0.1, -0.05) is 34.4 Å². The lowest BCUT2D eigenvalue weighted by atomic mass is 10.0. The third-order valence-electron chi connectivity index (χ3n) is 7.05. The topological polar surface area (TPSA) is 106 Å². The largest absolute Gasteiger partial charge is 0.478 e. The minimum absolute atomic E-state index is 0.0384. The van der Waals surface area contributed by atoms with Gasteiger partial charge in [0, 0.05) is 29.3 Å². The summed E-state index contributed by atoms with van der Waals surface area (Å²) < 4.78 is 12.0. The number of rotatable bonds is 7. The van der Waals surface area contributed by atoms with Gasteiger partial charge in [-0.3, -0.25) is 9.69 Å². The smallest absolute Gasteiger partial charge is 0.337 e. The molecule has 0 unspecified atom stereocenters. The van der Waals surface area contributed by atoms with Gasteiger partial charge in [0.2, 0.25) is 5.91 Å². The van der Waals surface area contributed by atoms with Crippen LogP contribution in [0.25, 0.3) is 11.3 Å². The van der Waals surface area contributed by atoms with Gasteiger partial charge in [0.1, 0.15) is 17.3 Å². The molecule has 10 heteroatoms. The van der Waals surface area contributed by atoms with Crippen LogP contribution in [0.3, 0.4) is 0 Å². The minimum Gasteiger partial charge on any atom is -0.478 e. The summed E-state index contributed by atoms with van der Waals surface area (Å²) in [6.07, 6.45) is 4.45. The number of halogens is 2. The van der Waals surface area contributed by atoms with E-state index in [-0.39, 0.29) is 36.1 Å². The molecule has 8 nitrogen and oxygen atoms in total. The van der Waals surface area contributed by atoms with Crippen molar-refractivity contribution >= 4 is 40.9 Å². The number of hydrogen-bond acceptors (Lipinski definition) is 6. The number of aromatic carboxylic acids is 1. The van der Waals surface area contributed by atoms with Gasteiger partial charge in [0.05, 0.1) is 34.2 Å². The second-order valence-corrected chi connectivity index (χ2v) is 10.1. The molecule has 3 heterocycles. The Balaban J connectivity index is 1.21. The normalized spacial score (nSPS) is 23.3. The van der Waals surface area contributed by atoms with E-state index in [9.17, 15) is 9.59 Å². The molecule has 1 aromatic carbocycles. The predicted molar refractivity (Wildman–Crippen MR) is 128 cm³/mol. The van der Waals surface area contributed by atoms with Crippen LogP contribution in [0.15, 0.2) is 41.1 Å². The maximum Gasteiger partial charge on any atom is 0.337 e. The van der Waals surface area contributed by atoms with E-state index in [1.807, 2.05) is 0 Å². The number of pyridine rings is 1. The number of ether oxygens (including phenoxy) is 1. The van der Waals surface area contributed by atoms with E-state index >= 15 is 0 Å². The first-order chi connectivity index (χ1) is 16.9. The summed E-state index contributed by atoms with van der Waals surface area (Å²) in [5.41, 5.74) is 2.12. The summed E-state index contributed by atoms with van der Waals surface area (Å²) in [6.45, 7) is 0.249. The van der Waals surface area contributed by atoms with E-state index < -0.39 is 5.97 Å². The Labute approximate surface area is 210 Å². The Morgan fingerprint density at radius 3 is 2.57 bits per heavy atom. The number of aromatic nitrogens is 2. The zero-order valence-corrected chi connectivity index (χ0v) is 20.0. The Kier molecular flexibility index (Phi) is 5.55. The van der Waals surface area contributed by atoms with Crippen LogP contribution in [0.1, 0.15) is 53.3 Å². The summed E-state index contributed by atoms with van der Waals surface area (Å²) in [6, 6.07) is 8.31. The first kappa shape index (κ1) is 22.5. The number of carboxylic acids is 1. The number of carbonyl (C=O) groups is 2. The standard InChI is InChI=1S/C25H21Cl2N3O5/c26-17-2-1-3-18(27)21(17)22-16(23(35-29-22)12-4-5-12)11-34-19-9-14-8-15(19)24(31)30(14)20-7-6-13(10-28-20)25(32)33/h1-3,6-7,10,12,14-15,19H,4-5,8-9,11H2,(H,32,33)/t14-,15+,19-/m0/s1. The fourth-order valence-corrected chi connectivity index (χ4v) is 5.76. The van der Waals surface area contributed by atoms with E-state index in [1.54, 1.807) is 29.2 Å². The van der Waals surface area contributed by atoms with E-state index in [2.05, 4.69) is 10.1 Å². The van der Waals surface area contributed by atoms with Crippen molar-refractivity contribution in [2.45, 2.75) is 50.4 Å². The number of nitrogens with zero attached hydrogens (tertiary/aromatic N) is 3. The fourth-order valence-electron chi connectivity index (χ4n) is 5.18. The molecular weight excluding hydrogens is 493 g/mol. The van der Waals surface area contributed by atoms with Crippen molar-refractivity contribution in [3.05, 3.63) is 63.5 Å². The van der Waals surface area contributed by atoms with Gasteiger partial charge in [-0.2, -0.15) is 0 Å². The van der Waals surface area contributed by atoms with Crippen LogP contribution in [-0.2, 0) is 16.1 Å². The van der Waals surface area contributed by atoms with Crippen molar-refractivity contribution in [1.82, 2.24) is 10.1 Å². The molecule has 0 radical (unpaired) electrons. The van der Waals surface area contributed by atoms with E-state index in [1.165, 1.54) is 12.3 Å². The second-order valence-electron chi connectivity index (χ2n) is 9.24. The highest BCUT2D eigenvalue weighted by atomic mass is 35.5. The molecule has 2 bridgehead atoms. The van der Waals surface area contributed by atoms with Gasteiger partial charge >= 0.3 is 5.97 Å². The number of hydrogen-bond donors (Lipinski definition) is 1. The maximum atomic E-state index is 13.1. The molecule has 180 valence electrons. The van der Waals surface area contributed by atoms with Crippen molar-refractivity contribution in [2.75, 3.05) is 4.90 Å². The summed E-state index contributed by atoms with van der Waals surface area (Å²) >= 11 is 12.9. The highest BCUT2D eigenvalue weighted by Crippen LogP contribution is 2.47. The van der Waals surface area contributed by atoms with Crippen molar-refractivity contribution < 1.29 is 24.0 Å². The lowest BCUT2D eigenvalue weighted by Gasteiger charge is -2.30. The quantitative estimate of drug-likeness (QED) is 0.454. The zero-order chi connectivity index (χ0) is 24.3. The molecule has 1 saturated heterocycles. The summed E-state index contributed by atoms with van der Waals surface area (Å²) in [7, 11) is 0. The summed E-state index contributed by atoms with van der Waals surface area (Å²) in [4.78, 5) is 30.1. The number of anilines is 1. The lowest BCUT2D eigenvalue weighted by Crippen LogP contribution is -2.43. The number of fused-ring (bicyclic) bond motifs is 2. The number of piperidine rings is 1. The molecule has 1 aliphatic heterocycles. The van der Waals surface area contributed by atoms with Gasteiger partial charge < -0.3 is 14.4 Å². The highest BCUT2D eigenvalue weighted by molar-refractivity contribution is 6.39. The van der Waals surface area contributed by atoms with Gasteiger partial charge in [-0.05, 0) is 49.9 Å². The molecule has 1 amide bonds. The van der Waals surface area contributed by atoms with Crippen LogP contribution >= 0.6 is 23.2 Å². The van der Waals surface area contributed by atoms with E-state index in [4.69, 9.17) is 37.6 Å². The van der Waals surface area contributed by atoms with Gasteiger partial charge in [-0.25, -0.2) is 9.78 Å². The molecule has 0 spiro atoms. The van der Waals surface area contributed by atoms with Crippen LogP contribution in [-0.4, -0.2) is 39.3 Å². The summed E-state index contributed by atoms with van der Waals surface area (Å²) in [5.74, 6) is 0.199. The SMILES string of the molecule is O=C(O)c1ccc(N2C(=O)[C@@H]3C[C@H]2C[C@@H]3OCc2c(-c3c(Cl)cccc3Cl)noc2C2CC2)nc1. The second kappa shape index (κ2) is 8.62. The van der Waals surface area contributed by atoms with Gasteiger partial charge in [0.15, 0.2) is 0 Å². The third-order valence-corrected chi connectivity index (χ3v) is 7.68. The van der Waals surface area contributed by atoms with E-state index in [0.29, 0.717) is 45.9 Å². The molecule has 2 aliphatic carbocycles. The van der Waals surface area contributed by atoms with Crippen LogP contribution < -0.4 is 4.90 Å². The van der Waals surface area contributed by atoms with Crippen molar-refractivity contribution in [2.24, 2.45) is 5.92 Å². The van der Waals surface area contributed by atoms with Crippen molar-refractivity contribution in [1.29, 1.82) is 0 Å². The molecule has 2 aromatic heterocycles. The van der Waals surface area contributed by atoms with Gasteiger partial charge in [-0.15, -0.1) is 0 Å². The Morgan fingerprint density at radius 2 is 1.94 bits per heavy atom. The first-order valence-corrected chi connectivity index (χ1v) is 12.2. The molecule has 3 aliphatic rings. The zero-order valence-electron chi connectivity index (χ0n) is 18.5. The van der Waals surface area contributed by atoms with Crippen LogP contribution in [0.2, 0.25) is 10.0 Å². The first-order valence-electron chi connectivity index (χ1n) is 11.5. The number of carboxylic acid groups (broad SMARTS) is 1. The molecule has 35 heavy (non-hydrogen) atoms. The average Bonchev–Trinajstić information content (AvgIpc) is 3.34. The van der Waals surface area contributed by atoms with Crippen LogP contribution in [0.4, 0.5) is 5.82 Å². The number of amides is 1. The Hall–Kier alpha value is -2.94. The lowest BCUT2D eigenvalue weighted by molar-refractivity contribution is -0.126. The number of carbonyl (C=O) groups excluding carboxylic acids is 1. The minimum atomic E-state index is -1.05. The fraction of sp³-hybridized carbons (Fsp3) is 0.360.